The summed E-state index contributed by atoms with van der Waals surface area (Å²) in [6, 6.07) is 8.40. The quantitative estimate of drug-likeness (QED) is 0.753. The van der Waals surface area contributed by atoms with Crippen LogP contribution < -0.4 is 0 Å². The second-order valence-corrected chi connectivity index (χ2v) is 4.32. The van der Waals surface area contributed by atoms with Crippen molar-refractivity contribution in [2.24, 2.45) is 0 Å². The highest BCUT2D eigenvalue weighted by molar-refractivity contribution is 6.17. The van der Waals surface area contributed by atoms with E-state index in [0.717, 1.165) is 12.0 Å². The molecule has 0 radical (unpaired) electrons. The molecule has 1 saturated heterocycles. The van der Waals surface area contributed by atoms with Crippen molar-refractivity contribution in [3.63, 3.8) is 0 Å². The molecule has 88 valence electrons. The van der Waals surface area contributed by atoms with E-state index in [4.69, 9.17) is 21.1 Å². The monoisotopic (exact) mass is 240 g/mol. The van der Waals surface area contributed by atoms with E-state index in [9.17, 15) is 0 Å². The van der Waals surface area contributed by atoms with Crippen LogP contribution in [-0.4, -0.2) is 19.1 Å². The van der Waals surface area contributed by atoms with Crippen LogP contribution in [0.15, 0.2) is 24.3 Å². The molecule has 0 saturated carbocycles. The van der Waals surface area contributed by atoms with E-state index < -0.39 is 5.79 Å². The molecule has 0 spiro atoms. The lowest BCUT2D eigenvalue weighted by molar-refractivity contribution is -0.166. The largest absolute Gasteiger partial charge is 0.343 e. The minimum absolute atomic E-state index is 0.537. The molecule has 0 unspecified atom stereocenters. The molecule has 1 aromatic rings. The maximum atomic E-state index is 5.82. The first-order chi connectivity index (χ1) is 7.80. The minimum atomic E-state index is -0.603. The van der Waals surface area contributed by atoms with Crippen LogP contribution >= 0.6 is 11.6 Å². The fourth-order valence-electron chi connectivity index (χ4n) is 2.03. The van der Waals surface area contributed by atoms with Gasteiger partial charge < -0.3 is 9.47 Å². The third-order valence-electron chi connectivity index (χ3n) is 2.98. The zero-order valence-electron chi connectivity index (χ0n) is 9.54. The number of aryl methyl sites for hydroxylation is 1. The van der Waals surface area contributed by atoms with Crippen LogP contribution in [0.2, 0.25) is 0 Å². The van der Waals surface area contributed by atoms with Crippen LogP contribution in [0.4, 0.5) is 0 Å². The van der Waals surface area contributed by atoms with Gasteiger partial charge in [-0.15, -0.1) is 11.6 Å². The molecule has 3 heteroatoms. The van der Waals surface area contributed by atoms with Crippen molar-refractivity contribution in [1.82, 2.24) is 0 Å². The summed E-state index contributed by atoms with van der Waals surface area (Å²) in [5.41, 5.74) is 2.39. The summed E-state index contributed by atoms with van der Waals surface area (Å²) in [6.07, 6.45) is 1.74. The molecule has 2 rings (SSSR count). The second-order valence-electron chi connectivity index (χ2n) is 3.94. The lowest BCUT2D eigenvalue weighted by Crippen LogP contribution is -2.27. The third-order valence-corrected chi connectivity index (χ3v) is 3.17. The summed E-state index contributed by atoms with van der Waals surface area (Å²) in [5.74, 6) is -0.0659. The van der Waals surface area contributed by atoms with Crippen LogP contribution in [0.1, 0.15) is 24.5 Å². The molecule has 0 aromatic heterocycles. The molecule has 0 amide bonds. The van der Waals surface area contributed by atoms with E-state index in [0.29, 0.717) is 25.5 Å². The SMILES string of the molecule is CCc1ccc(C2(CCCl)OCCO2)cc1. The van der Waals surface area contributed by atoms with Crippen molar-refractivity contribution in [2.75, 3.05) is 19.1 Å². The Labute approximate surface area is 102 Å². The average molecular weight is 241 g/mol. The molecule has 1 aliphatic heterocycles. The molecular formula is C13H17ClO2. The first-order valence-corrected chi connectivity index (χ1v) is 6.27. The Hall–Kier alpha value is -0.570. The van der Waals surface area contributed by atoms with E-state index in [1.54, 1.807) is 0 Å². The third kappa shape index (κ3) is 2.24. The van der Waals surface area contributed by atoms with Crippen LogP contribution in [0, 0.1) is 0 Å². The van der Waals surface area contributed by atoms with Crippen LogP contribution in [0.25, 0.3) is 0 Å². The Balaban J connectivity index is 2.24. The summed E-state index contributed by atoms with van der Waals surface area (Å²) in [5, 5.41) is 0. The van der Waals surface area contributed by atoms with E-state index in [2.05, 4.69) is 31.2 Å². The van der Waals surface area contributed by atoms with Gasteiger partial charge in [0, 0.05) is 17.9 Å². The number of alkyl halides is 1. The van der Waals surface area contributed by atoms with Crippen molar-refractivity contribution in [3.8, 4) is 0 Å². The summed E-state index contributed by atoms with van der Waals surface area (Å²) in [6.45, 7) is 3.44. The van der Waals surface area contributed by atoms with Crippen molar-refractivity contribution >= 4 is 11.6 Å². The average Bonchev–Trinajstić information content (AvgIpc) is 2.80. The topological polar surface area (TPSA) is 18.5 Å². The summed E-state index contributed by atoms with van der Waals surface area (Å²) in [7, 11) is 0. The lowest BCUT2D eigenvalue weighted by atomic mass is 10.0. The zero-order chi connectivity index (χ0) is 11.4. The van der Waals surface area contributed by atoms with Crippen molar-refractivity contribution in [3.05, 3.63) is 35.4 Å². The lowest BCUT2D eigenvalue weighted by Gasteiger charge is -2.27. The zero-order valence-corrected chi connectivity index (χ0v) is 10.3. The molecule has 0 aliphatic carbocycles. The molecule has 2 nitrogen and oxygen atoms in total. The Morgan fingerprint density at radius 1 is 1.19 bits per heavy atom. The number of benzene rings is 1. The molecule has 16 heavy (non-hydrogen) atoms. The number of rotatable bonds is 4. The van der Waals surface area contributed by atoms with Gasteiger partial charge in [0.05, 0.1) is 13.2 Å². The Bertz CT molecular complexity index is 328. The van der Waals surface area contributed by atoms with Gasteiger partial charge in [0.25, 0.3) is 0 Å². The first-order valence-electron chi connectivity index (χ1n) is 5.74. The standard InChI is InChI=1S/C13H17ClO2/c1-2-11-3-5-12(6-4-11)13(7-8-14)15-9-10-16-13/h3-6H,2,7-10H2,1H3. The highest BCUT2D eigenvalue weighted by atomic mass is 35.5. The molecule has 1 heterocycles. The fourth-order valence-corrected chi connectivity index (χ4v) is 2.28. The summed E-state index contributed by atoms with van der Waals surface area (Å²) >= 11 is 5.82. The maximum absolute atomic E-state index is 5.82. The Morgan fingerprint density at radius 3 is 2.31 bits per heavy atom. The van der Waals surface area contributed by atoms with Crippen molar-refractivity contribution in [2.45, 2.75) is 25.6 Å². The molecule has 0 bridgehead atoms. The number of ether oxygens (including phenoxy) is 2. The number of hydrogen-bond acceptors (Lipinski definition) is 2. The van der Waals surface area contributed by atoms with E-state index in [1.165, 1.54) is 5.56 Å². The number of halogens is 1. The van der Waals surface area contributed by atoms with Gasteiger partial charge in [-0.25, -0.2) is 0 Å². The van der Waals surface area contributed by atoms with Crippen LogP contribution in [0.3, 0.4) is 0 Å². The van der Waals surface area contributed by atoms with Crippen molar-refractivity contribution in [1.29, 1.82) is 0 Å². The van der Waals surface area contributed by atoms with Gasteiger partial charge in [0.2, 0.25) is 0 Å². The van der Waals surface area contributed by atoms with Gasteiger partial charge in [-0.3, -0.25) is 0 Å². The summed E-state index contributed by atoms with van der Waals surface area (Å²) in [4.78, 5) is 0. The molecule has 0 atom stereocenters. The van der Waals surface area contributed by atoms with Gasteiger partial charge in [0.15, 0.2) is 5.79 Å². The van der Waals surface area contributed by atoms with Gasteiger partial charge >= 0.3 is 0 Å². The van der Waals surface area contributed by atoms with E-state index >= 15 is 0 Å². The predicted octanol–water partition coefficient (Wildman–Crippen LogP) is 3.08. The fraction of sp³-hybridized carbons (Fsp3) is 0.538. The van der Waals surface area contributed by atoms with Crippen LogP contribution in [0.5, 0.6) is 0 Å². The van der Waals surface area contributed by atoms with Gasteiger partial charge in [-0.1, -0.05) is 31.2 Å². The van der Waals surface area contributed by atoms with Gasteiger partial charge in [-0.2, -0.15) is 0 Å². The normalized spacial score (nSPS) is 18.9. The molecule has 1 aromatic carbocycles. The van der Waals surface area contributed by atoms with Gasteiger partial charge in [-0.05, 0) is 12.0 Å². The Kier molecular flexibility index (Phi) is 3.85. The molecule has 0 N–H and O–H groups in total. The Morgan fingerprint density at radius 2 is 1.81 bits per heavy atom. The van der Waals surface area contributed by atoms with E-state index in [-0.39, 0.29) is 0 Å². The highest BCUT2D eigenvalue weighted by Gasteiger charge is 2.37. The highest BCUT2D eigenvalue weighted by Crippen LogP contribution is 2.35. The summed E-state index contributed by atoms with van der Waals surface area (Å²) < 4.78 is 11.5. The van der Waals surface area contributed by atoms with E-state index in [1.807, 2.05) is 0 Å². The van der Waals surface area contributed by atoms with Gasteiger partial charge in [0.1, 0.15) is 0 Å². The van der Waals surface area contributed by atoms with Crippen molar-refractivity contribution < 1.29 is 9.47 Å². The number of hydrogen-bond donors (Lipinski definition) is 0. The molecule has 1 aliphatic rings. The molecular weight excluding hydrogens is 224 g/mol. The predicted molar refractivity (Wildman–Crippen MR) is 64.7 cm³/mol. The minimum Gasteiger partial charge on any atom is -0.343 e. The maximum Gasteiger partial charge on any atom is 0.196 e. The molecule has 1 fully saturated rings. The first kappa shape index (κ1) is 11.9. The van der Waals surface area contributed by atoms with Crippen LogP contribution in [-0.2, 0) is 21.7 Å². The smallest absolute Gasteiger partial charge is 0.196 e. The second kappa shape index (κ2) is 5.17.